The van der Waals surface area contributed by atoms with Crippen LogP contribution in [-0.2, 0) is 10.8 Å². The molecule has 0 aliphatic rings. The first-order valence-corrected chi connectivity index (χ1v) is 9.79. The fourth-order valence-corrected chi connectivity index (χ4v) is 4.69. The molecule has 0 N–H and O–H groups in total. The van der Waals surface area contributed by atoms with Crippen molar-refractivity contribution >= 4 is 48.2 Å². The molecule has 0 bridgehead atoms. The molecule has 0 unspecified atom stereocenters. The summed E-state index contributed by atoms with van der Waals surface area (Å²) < 4.78 is 1.19. The lowest BCUT2D eigenvalue weighted by molar-refractivity contribution is 0.595. The Morgan fingerprint density at radius 3 is 1.76 bits per heavy atom. The Kier molecular flexibility index (Phi) is 3.51. The Balaban J connectivity index is 2.30. The van der Waals surface area contributed by atoms with Crippen molar-refractivity contribution in [2.75, 3.05) is 0 Å². The van der Waals surface area contributed by atoms with E-state index in [1.54, 1.807) is 0 Å². The van der Waals surface area contributed by atoms with Crippen molar-refractivity contribution in [3.05, 3.63) is 58.1 Å². The number of hydrogen-bond donors (Lipinski definition) is 0. The minimum absolute atomic E-state index is 0.109. The van der Waals surface area contributed by atoms with Gasteiger partial charge in [-0.1, -0.05) is 93.9 Å². The molecule has 4 aromatic rings. The summed E-state index contributed by atoms with van der Waals surface area (Å²) in [7, 11) is 0. The molecule has 0 heterocycles. The van der Waals surface area contributed by atoms with Gasteiger partial charge in [-0.15, -0.1) is 0 Å². The molecular weight excluding hydrogens is 368 g/mol. The van der Waals surface area contributed by atoms with Gasteiger partial charge >= 0.3 is 0 Å². The smallest absolute Gasteiger partial charge is 0.0257 e. The number of halogens is 1. The first-order chi connectivity index (χ1) is 11.6. The van der Waals surface area contributed by atoms with Crippen LogP contribution < -0.4 is 0 Å². The zero-order valence-corrected chi connectivity index (χ0v) is 17.5. The zero-order valence-electron chi connectivity index (χ0n) is 15.9. The number of benzene rings is 4. The first-order valence-electron chi connectivity index (χ1n) is 9.00. The van der Waals surface area contributed by atoms with E-state index < -0.39 is 0 Å². The van der Waals surface area contributed by atoms with Crippen LogP contribution in [0.25, 0.3) is 32.3 Å². The van der Waals surface area contributed by atoms with Crippen LogP contribution in [-0.4, -0.2) is 0 Å². The van der Waals surface area contributed by atoms with E-state index >= 15 is 0 Å². The molecule has 0 aliphatic heterocycles. The summed E-state index contributed by atoms with van der Waals surface area (Å²) in [6, 6.07) is 16.1. The lowest BCUT2D eigenvalue weighted by atomic mass is 9.78. The standard InChI is InChI=1S/C24H25Br/c1-23(2,3)18-12-8-14-7-9-16-19(24(4,5)6)13-20(25)17-11-10-15(18)21(14)22(16)17/h7-13H,1-6H3. The van der Waals surface area contributed by atoms with Crippen LogP contribution in [0, 0.1) is 0 Å². The van der Waals surface area contributed by atoms with E-state index in [-0.39, 0.29) is 10.8 Å². The van der Waals surface area contributed by atoms with Gasteiger partial charge in [0.1, 0.15) is 0 Å². The molecule has 0 spiro atoms. The highest BCUT2D eigenvalue weighted by molar-refractivity contribution is 9.10. The van der Waals surface area contributed by atoms with E-state index in [1.807, 2.05) is 0 Å². The molecule has 0 atom stereocenters. The molecule has 4 aromatic carbocycles. The SMILES string of the molecule is CC(C)(C)c1ccc2ccc3c(C(C)(C)C)cc(Br)c4ccc1c2c43. The molecule has 0 radical (unpaired) electrons. The zero-order chi connectivity index (χ0) is 18.1. The van der Waals surface area contributed by atoms with Crippen molar-refractivity contribution in [3.63, 3.8) is 0 Å². The molecule has 4 rings (SSSR count). The second-order valence-electron chi connectivity index (χ2n) is 9.27. The summed E-state index contributed by atoms with van der Waals surface area (Å²) in [5.41, 5.74) is 3.07. The average molecular weight is 393 g/mol. The van der Waals surface area contributed by atoms with Gasteiger partial charge in [0.25, 0.3) is 0 Å². The maximum Gasteiger partial charge on any atom is 0.0257 e. The lowest BCUT2D eigenvalue weighted by Crippen LogP contribution is -2.13. The molecule has 0 aliphatic carbocycles. The molecule has 0 saturated carbocycles. The molecule has 0 fully saturated rings. The summed E-state index contributed by atoms with van der Waals surface area (Å²) in [6.45, 7) is 13.8. The lowest BCUT2D eigenvalue weighted by Gasteiger charge is -2.26. The summed E-state index contributed by atoms with van der Waals surface area (Å²) in [5.74, 6) is 0. The fourth-order valence-electron chi connectivity index (χ4n) is 4.13. The molecular formula is C24H25Br. The van der Waals surface area contributed by atoms with Gasteiger partial charge in [-0.25, -0.2) is 0 Å². The van der Waals surface area contributed by atoms with Crippen molar-refractivity contribution in [2.45, 2.75) is 52.4 Å². The molecule has 0 amide bonds. The van der Waals surface area contributed by atoms with Crippen LogP contribution in [0.4, 0.5) is 0 Å². The number of hydrogen-bond acceptors (Lipinski definition) is 0. The monoisotopic (exact) mass is 392 g/mol. The van der Waals surface area contributed by atoms with Crippen LogP contribution in [0.15, 0.2) is 46.9 Å². The second kappa shape index (κ2) is 5.20. The first kappa shape index (κ1) is 16.8. The van der Waals surface area contributed by atoms with E-state index in [2.05, 4.69) is 99.9 Å². The quantitative estimate of drug-likeness (QED) is 0.266. The van der Waals surface area contributed by atoms with Crippen LogP contribution in [0.5, 0.6) is 0 Å². The van der Waals surface area contributed by atoms with Crippen molar-refractivity contribution in [3.8, 4) is 0 Å². The van der Waals surface area contributed by atoms with E-state index in [0.29, 0.717) is 0 Å². The predicted molar refractivity (Wildman–Crippen MR) is 115 cm³/mol. The fraction of sp³-hybridized carbons (Fsp3) is 0.333. The van der Waals surface area contributed by atoms with Crippen LogP contribution in [0.1, 0.15) is 52.7 Å². The van der Waals surface area contributed by atoms with Gasteiger partial charge in [-0.2, -0.15) is 0 Å². The summed E-state index contributed by atoms with van der Waals surface area (Å²) in [4.78, 5) is 0. The Bertz CT molecular complexity index is 1100. The van der Waals surface area contributed by atoms with Crippen LogP contribution >= 0.6 is 15.9 Å². The molecule has 0 aromatic heterocycles. The van der Waals surface area contributed by atoms with Gasteiger partial charge in [-0.3, -0.25) is 0 Å². The van der Waals surface area contributed by atoms with Gasteiger partial charge in [0.15, 0.2) is 0 Å². The Morgan fingerprint density at radius 2 is 1.12 bits per heavy atom. The van der Waals surface area contributed by atoms with E-state index in [4.69, 9.17) is 0 Å². The maximum absolute atomic E-state index is 3.84. The molecule has 1 heteroatoms. The third kappa shape index (κ3) is 2.47. The average Bonchev–Trinajstić information content (AvgIpc) is 2.51. The normalized spacial score (nSPS) is 13.4. The third-order valence-corrected chi connectivity index (χ3v) is 6.00. The van der Waals surface area contributed by atoms with Crippen LogP contribution in [0.2, 0.25) is 0 Å². The minimum atomic E-state index is 0.109. The van der Waals surface area contributed by atoms with Crippen molar-refractivity contribution in [1.82, 2.24) is 0 Å². The second-order valence-corrected chi connectivity index (χ2v) is 10.1. The topological polar surface area (TPSA) is 0 Å². The summed E-state index contributed by atoms with van der Waals surface area (Å²) >= 11 is 3.84. The van der Waals surface area contributed by atoms with Crippen molar-refractivity contribution in [2.24, 2.45) is 0 Å². The van der Waals surface area contributed by atoms with Crippen molar-refractivity contribution in [1.29, 1.82) is 0 Å². The van der Waals surface area contributed by atoms with Gasteiger partial charge < -0.3 is 0 Å². The molecule has 0 nitrogen and oxygen atoms in total. The summed E-state index contributed by atoms with van der Waals surface area (Å²) in [6.07, 6.45) is 0. The summed E-state index contributed by atoms with van der Waals surface area (Å²) in [5, 5.41) is 8.23. The van der Waals surface area contributed by atoms with Gasteiger partial charge in [0, 0.05) is 4.47 Å². The largest absolute Gasteiger partial charge is 0.0573 e. The Hall–Kier alpha value is -1.60. The van der Waals surface area contributed by atoms with E-state index in [1.165, 1.54) is 47.9 Å². The molecule has 25 heavy (non-hydrogen) atoms. The van der Waals surface area contributed by atoms with Crippen molar-refractivity contribution < 1.29 is 0 Å². The van der Waals surface area contributed by atoms with E-state index in [9.17, 15) is 0 Å². The predicted octanol–water partition coefficient (Wildman–Crippen LogP) is 7.94. The highest BCUT2D eigenvalue weighted by atomic mass is 79.9. The Labute approximate surface area is 158 Å². The molecule has 128 valence electrons. The number of rotatable bonds is 0. The minimum Gasteiger partial charge on any atom is -0.0573 e. The third-order valence-electron chi connectivity index (χ3n) is 5.35. The van der Waals surface area contributed by atoms with Crippen LogP contribution in [0.3, 0.4) is 0 Å². The van der Waals surface area contributed by atoms with E-state index in [0.717, 1.165) is 0 Å². The Morgan fingerprint density at radius 1 is 0.600 bits per heavy atom. The highest BCUT2D eigenvalue weighted by Crippen LogP contribution is 2.44. The van der Waals surface area contributed by atoms with Gasteiger partial charge in [0.05, 0.1) is 0 Å². The highest BCUT2D eigenvalue weighted by Gasteiger charge is 2.23. The van der Waals surface area contributed by atoms with Gasteiger partial charge in [0.2, 0.25) is 0 Å². The van der Waals surface area contributed by atoms with Gasteiger partial charge in [-0.05, 0) is 60.3 Å². The maximum atomic E-state index is 3.84. The molecule has 0 saturated heterocycles.